The fraction of sp³-hybridized carbons (Fsp3) is 1.00. The molecule has 0 bridgehead atoms. The summed E-state index contributed by atoms with van der Waals surface area (Å²) in [4.78, 5) is 2.71. The van der Waals surface area contributed by atoms with E-state index in [9.17, 15) is 0 Å². The Morgan fingerprint density at radius 3 is 2.58 bits per heavy atom. The molecule has 1 aliphatic rings. The number of hydrogen-bond acceptors (Lipinski definition) is 2. The average Bonchev–Trinajstić information content (AvgIpc) is 2.80. The fourth-order valence-corrected chi connectivity index (χ4v) is 2.93. The van der Waals surface area contributed by atoms with E-state index in [1.807, 2.05) is 0 Å². The van der Waals surface area contributed by atoms with Crippen LogP contribution in [-0.4, -0.2) is 36.1 Å². The van der Waals surface area contributed by atoms with E-state index >= 15 is 0 Å². The van der Waals surface area contributed by atoms with E-state index in [2.05, 4.69) is 44.8 Å². The summed E-state index contributed by atoms with van der Waals surface area (Å²) in [6.07, 6.45) is 8.35. The first-order valence-corrected chi connectivity index (χ1v) is 8.41. The third-order valence-electron chi connectivity index (χ3n) is 4.34. The van der Waals surface area contributed by atoms with Gasteiger partial charge in [0.2, 0.25) is 0 Å². The normalized spacial score (nSPS) is 22.9. The van der Waals surface area contributed by atoms with Gasteiger partial charge in [0.05, 0.1) is 0 Å². The largest absolute Gasteiger partial charge is 0.312 e. The summed E-state index contributed by atoms with van der Waals surface area (Å²) in [5.74, 6) is 0.859. The molecule has 1 N–H and O–H groups in total. The van der Waals surface area contributed by atoms with E-state index < -0.39 is 0 Å². The van der Waals surface area contributed by atoms with Gasteiger partial charge in [-0.2, -0.15) is 0 Å². The van der Waals surface area contributed by atoms with Crippen molar-refractivity contribution in [3.8, 4) is 0 Å². The van der Waals surface area contributed by atoms with Crippen LogP contribution in [0, 0.1) is 5.92 Å². The second-order valence-electron chi connectivity index (χ2n) is 7.48. The topological polar surface area (TPSA) is 15.3 Å². The van der Waals surface area contributed by atoms with Crippen molar-refractivity contribution in [2.75, 3.05) is 19.6 Å². The van der Waals surface area contributed by atoms with Gasteiger partial charge in [-0.15, -0.1) is 0 Å². The van der Waals surface area contributed by atoms with E-state index in [0.717, 1.165) is 12.0 Å². The number of unbranched alkanes of at least 4 members (excludes halogenated alkanes) is 3. The summed E-state index contributed by atoms with van der Waals surface area (Å²) < 4.78 is 0. The van der Waals surface area contributed by atoms with Crippen LogP contribution in [0.3, 0.4) is 0 Å². The minimum Gasteiger partial charge on any atom is -0.312 e. The predicted octanol–water partition coefficient (Wildman–Crippen LogP) is 4.06. The Balaban J connectivity index is 2.16. The SMILES string of the molecule is CCCCCCC(C)N1CCC(CNC(C)(C)C)C1. The van der Waals surface area contributed by atoms with Gasteiger partial charge in [0.15, 0.2) is 0 Å². The number of rotatable bonds is 8. The minimum atomic E-state index is 0.263. The van der Waals surface area contributed by atoms with Crippen molar-refractivity contribution in [3.05, 3.63) is 0 Å². The molecule has 1 saturated heterocycles. The number of hydrogen-bond donors (Lipinski definition) is 1. The Labute approximate surface area is 121 Å². The molecule has 2 unspecified atom stereocenters. The molecule has 0 aromatic carbocycles. The van der Waals surface area contributed by atoms with Crippen LogP contribution in [0.15, 0.2) is 0 Å². The molecule has 2 heteroatoms. The van der Waals surface area contributed by atoms with E-state index in [1.165, 1.54) is 58.2 Å². The third kappa shape index (κ3) is 7.31. The molecule has 0 amide bonds. The molecule has 1 aliphatic heterocycles. The van der Waals surface area contributed by atoms with Crippen LogP contribution in [0.4, 0.5) is 0 Å². The lowest BCUT2D eigenvalue weighted by atomic mass is 10.0. The molecule has 114 valence electrons. The Morgan fingerprint density at radius 1 is 1.21 bits per heavy atom. The van der Waals surface area contributed by atoms with Gasteiger partial charge in [0, 0.05) is 18.1 Å². The Morgan fingerprint density at radius 2 is 1.95 bits per heavy atom. The Bertz CT molecular complexity index is 232. The molecule has 1 rings (SSSR count). The van der Waals surface area contributed by atoms with E-state index in [1.54, 1.807) is 0 Å². The molecule has 0 spiro atoms. The van der Waals surface area contributed by atoms with Crippen molar-refractivity contribution in [1.29, 1.82) is 0 Å². The number of nitrogens with zero attached hydrogens (tertiary/aromatic N) is 1. The molecular formula is C17H36N2. The molecule has 2 atom stereocenters. The summed E-state index contributed by atoms with van der Waals surface area (Å²) in [5.41, 5.74) is 0.263. The summed E-state index contributed by atoms with van der Waals surface area (Å²) in [7, 11) is 0. The van der Waals surface area contributed by atoms with E-state index in [4.69, 9.17) is 0 Å². The van der Waals surface area contributed by atoms with Gasteiger partial charge in [-0.05, 0) is 59.5 Å². The lowest BCUT2D eigenvalue weighted by Crippen LogP contribution is -2.40. The molecule has 19 heavy (non-hydrogen) atoms. The highest BCUT2D eigenvalue weighted by molar-refractivity contribution is 4.82. The molecule has 0 saturated carbocycles. The van der Waals surface area contributed by atoms with Crippen molar-refractivity contribution in [1.82, 2.24) is 10.2 Å². The van der Waals surface area contributed by atoms with Crippen LogP contribution in [0.1, 0.15) is 73.1 Å². The van der Waals surface area contributed by atoms with Crippen molar-refractivity contribution in [2.45, 2.75) is 84.7 Å². The van der Waals surface area contributed by atoms with Crippen LogP contribution in [-0.2, 0) is 0 Å². The van der Waals surface area contributed by atoms with Gasteiger partial charge >= 0.3 is 0 Å². The fourth-order valence-electron chi connectivity index (χ4n) is 2.93. The summed E-state index contributed by atoms with van der Waals surface area (Å²) in [6.45, 7) is 15.3. The molecular weight excluding hydrogens is 232 g/mol. The summed E-state index contributed by atoms with van der Waals surface area (Å²) >= 11 is 0. The third-order valence-corrected chi connectivity index (χ3v) is 4.34. The predicted molar refractivity (Wildman–Crippen MR) is 85.7 cm³/mol. The van der Waals surface area contributed by atoms with Crippen LogP contribution < -0.4 is 5.32 Å². The molecule has 0 aromatic rings. The smallest absolute Gasteiger partial charge is 0.00966 e. The standard InChI is InChI=1S/C17H36N2/c1-6-7-8-9-10-15(2)19-12-11-16(14-19)13-18-17(3,4)5/h15-16,18H,6-14H2,1-5H3. The maximum Gasteiger partial charge on any atom is 0.00966 e. The second kappa shape index (κ2) is 8.26. The highest BCUT2D eigenvalue weighted by Crippen LogP contribution is 2.21. The average molecular weight is 268 g/mol. The number of likely N-dealkylation sites (tertiary alicyclic amines) is 1. The van der Waals surface area contributed by atoms with Crippen LogP contribution in [0.25, 0.3) is 0 Å². The molecule has 0 aliphatic carbocycles. The maximum absolute atomic E-state index is 3.66. The van der Waals surface area contributed by atoms with Gasteiger partial charge in [0.1, 0.15) is 0 Å². The van der Waals surface area contributed by atoms with Gasteiger partial charge in [-0.3, -0.25) is 0 Å². The quantitative estimate of drug-likeness (QED) is 0.668. The second-order valence-corrected chi connectivity index (χ2v) is 7.48. The zero-order valence-corrected chi connectivity index (χ0v) is 14.0. The Hall–Kier alpha value is -0.0800. The zero-order valence-electron chi connectivity index (χ0n) is 14.0. The van der Waals surface area contributed by atoms with Crippen LogP contribution in [0.5, 0.6) is 0 Å². The summed E-state index contributed by atoms with van der Waals surface area (Å²) in [5, 5.41) is 3.66. The molecule has 0 aromatic heterocycles. The van der Waals surface area contributed by atoms with Crippen molar-refractivity contribution in [2.24, 2.45) is 5.92 Å². The van der Waals surface area contributed by atoms with Gasteiger partial charge < -0.3 is 10.2 Å². The molecule has 1 fully saturated rings. The van der Waals surface area contributed by atoms with Crippen LogP contribution >= 0.6 is 0 Å². The van der Waals surface area contributed by atoms with Gasteiger partial charge in [0.25, 0.3) is 0 Å². The van der Waals surface area contributed by atoms with Gasteiger partial charge in [-0.1, -0.05) is 32.6 Å². The molecule has 1 heterocycles. The maximum atomic E-state index is 3.66. The van der Waals surface area contributed by atoms with E-state index in [-0.39, 0.29) is 5.54 Å². The van der Waals surface area contributed by atoms with Crippen molar-refractivity contribution in [3.63, 3.8) is 0 Å². The van der Waals surface area contributed by atoms with Crippen molar-refractivity contribution < 1.29 is 0 Å². The monoisotopic (exact) mass is 268 g/mol. The minimum absolute atomic E-state index is 0.263. The van der Waals surface area contributed by atoms with Crippen molar-refractivity contribution >= 4 is 0 Å². The zero-order chi connectivity index (χ0) is 14.3. The van der Waals surface area contributed by atoms with Crippen LogP contribution in [0.2, 0.25) is 0 Å². The van der Waals surface area contributed by atoms with Gasteiger partial charge in [-0.25, -0.2) is 0 Å². The molecule has 2 nitrogen and oxygen atoms in total. The lowest BCUT2D eigenvalue weighted by molar-refractivity contribution is 0.230. The molecule has 0 radical (unpaired) electrons. The Kier molecular flexibility index (Phi) is 7.38. The highest BCUT2D eigenvalue weighted by atomic mass is 15.2. The first-order chi connectivity index (χ1) is 8.92. The lowest BCUT2D eigenvalue weighted by Gasteiger charge is -2.26. The highest BCUT2D eigenvalue weighted by Gasteiger charge is 2.26. The van der Waals surface area contributed by atoms with E-state index in [0.29, 0.717) is 0 Å². The first-order valence-electron chi connectivity index (χ1n) is 8.41. The summed E-state index contributed by atoms with van der Waals surface area (Å²) in [6, 6.07) is 0.788. The number of nitrogens with one attached hydrogen (secondary N) is 1. The first kappa shape index (κ1) is 17.0.